The van der Waals surface area contributed by atoms with Crippen LogP contribution in [0.4, 0.5) is 13.6 Å². The van der Waals surface area contributed by atoms with Crippen LogP contribution in [0.2, 0.25) is 0 Å². The summed E-state index contributed by atoms with van der Waals surface area (Å²) in [5.74, 6) is 0.982. The second-order valence-electron chi connectivity index (χ2n) is 7.82. The van der Waals surface area contributed by atoms with Crippen LogP contribution in [0.1, 0.15) is 26.3 Å². The molecule has 1 fully saturated rings. The van der Waals surface area contributed by atoms with E-state index in [0.29, 0.717) is 43.2 Å². The van der Waals surface area contributed by atoms with Crippen molar-refractivity contribution in [2.75, 3.05) is 33.0 Å². The largest absolute Gasteiger partial charge is 0.454 e. The number of carbonyl (C=O) groups is 1. The van der Waals surface area contributed by atoms with E-state index in [-0.39, 0.29) is 31.1 Å². The molecule has 2 heterocycles. The molecule has 0 saturated carbocycles. The predicted octanol–water partition coefficient (Wildman–Crippen LogP) is 2.38. The molecule has 1 saturated heterocycles. The molecule has 2 N–H and O–H groups in total. The van der Waals surface area contributed by atoms with E-state index in [1.807, 2.05) is 25.7 Å². The molecule has 0 unspecified atom stereocenters. The molecule has 11 heteroatoms. The number of amides is 1. The molecule has 0 bridgehead atoms. The summed E-state index contributed by atoms with van der Waals surface area (Å²) in [6.07, 6.45) is -0.369. The van der Waals surface area contributed by atoms with Crippen molar-refractivity contribution in [3.8, 4) is 17.2 Å². The van der Waals surface area contributed by atoms with Gasteiger partial charge in [-0.1, -0.05) is 0 Å². The van der Waals surface area contributed by atoms with Crippen molar-refractivity contribution in [2.24, 2.45) is 10.7 Å². The summed E-state index contributed by atoms with van der Waals surface area (Å²) in [5.41, 5.74) is 5.92. The first-order valence-electron chi connectivity index (χ1n) is 9.52. The predicted molar refractivity (Wildman–Crippen MR) is 104 cm³/mol. The van der Waals surface area contributed by atoms with Gasteiger partial charge in [-0.05, 0) is 26.8 Å². The third-order valence-electron chi connectivity index (χ3n) is 4.44. The Morgan fingerprint density at radius 2 is 1.77 bits per heavy atom. The maximum atomic E-state index is 12.7. The van der Waals surface area contributed by atoms with Gasteiger partial charge in [0.1, 0.15) is 11.4 Å². The zero-order valence-corrected chi connectivity index (χ0v) is 17.2. The Morgan fingerprint density at radius 1 is 1.17 bits per heavy atom. The van der Waals surface area contributed by atoms with Crippen molar-refractivity contribution < 1.29 is 32.5 Å². The van der Waals surface area contributed by atoms with Gasteiger partial charge in [0.2, 0.25) is 6.79 Å². The minimum absolute atomic E-state index is 0.0141. The number of hydrogen-bond donors (Lipinski definition) is 1. The van der Waals surface area contributed by atoms with Crippen LogP contribution in [0.3, 0.4) is 0 Å². The van der Waals surface area contributed by atoms with Gasteiger partial charge in [0.05, 0.1) is 6.54 Å². The Hall–Kier alpha value is -2.98. The molecule has 0 aromatic heterocycles. The SMILES string of the molecule is CC(C)(C)OC(=O)N1CCN(C(N)=NCc2cc3c(cc2OC(F)F)OCO3)CC1. The minimum atomic E-state index is -2.98. The fourth-order valence-electron chi connectivity index (χ4n) is 3.01. The van der Waals surface area contributed by atoms with Gasteiger partial charge >= 0.3 is 12.7 Å². The minimum Gasteiger partial charge on any atom is -0.454 e. The third kappa shape index (κ3) is 5.55. The number of hydrogen-bond acceptors (Lipinski definition) is 6. The molecule has 1 amide bonds. The smallest absolute Gasteiger partial charge is 0.410 e. The van der Waals surface area contributed by atoms with Crippen LogP contribution in [0.25, 0.3) is 0 Å². The summed E-state index contributed by atoms with van der Waals surface area (Å²) in [6, 6.07) is 2.91. The molecule has 166 valence electrons. The van der Waals surface area contributed by atoms with Crippen molar-refractivity contribution in [1.82, 2.24) is 9.80 Å². The van der Waals surface area contributed by atoms with Gasteiger partial charge in [0.25, 0.3) is 0 Å². The topological polar surface area (TPSA) is 98.9 Å². The van der Waals surface area contributed by atoms with Gasteiger partial charge < -0.3 is 34.5 Å². The Labute approximate surface area is 173 Å². The van der Waals surface area contributed by atoms with Crippen LogP contribution >= 0.6 is 0 Å². The maximum Gasteiger partial charge on any atom is 0.410 e. The Morgan fingerprint density at radius 3 is 2.37 bits per heavy atom. The number of piperazine rings is 1. The van der Waals surface area contributed by atoms with E-state index in [0.717, 1.165) is 0 Å². The highest BCUT2D eigenvalue weighted by molar-refractivity contribution is 5.78. The summed E-state index contributed by atoms with van der Waals surface area (Å²) in [4.78, 5) is 19.9. The number of guanidine groups is 1. The number of carbonyl (C=O) groups excluding carboxylic acids is 1. The van der Waals surface area contributed by atoms with Gasteiger partial charge in [0, 0.05) is 37.8 Å². The molecule has 3 rings (SSSR count). The first-order valence-corrected chi connectivity index (χ1v) is 9.52. The van der Waals surface area contributed by atoms with Crippen molar-refractivity contribution in [2.45, 2.75) is 39.5 Å². The first kappa shape index (κ1) is 21.7. The number of rotatable bonds is 4. The van der Waals surface area contributed by atoms with E-state index in [1.54, 1.807) is 11.0 Å². The molecule has 2 aliphatic heterocycles. The molecule has 1 aromatic rings. The number of aliphatic imine (C=N–C) groups is 1. The van der Waals surface area contributed by atoms with Crippen LogP contribution in [0.5, 0.6) is 17.2 Å². The van der Waals surface area contributed by atoms with Crippen LogP contribution in [-0.2, 0) is 11.3 Å². The van der Waals surface area contributed by atoms with Crippen LogP contribution < -0.4 is 19.9 Å². The van der Waals surface area contributed by atoms with Crippen LogP contribution in [0.15, 0.2) is 17.1 Å². The summed E-state index contributed by atoms with van der Waals surface area (Å²) in [7, 11) is 0. The molecular formula is C19H26F2N4O5. The highest BCUT2D eigenvalue weighted by Crippen LogP contribution is 2.39. The number of nitrogens with two attached hydrogens (primary N) is 1. The molecule has 0 atom stereocenters. The zero-order valence-electron chi connectivity index (χ0n) is 17.2. The second-order valence-corrected chi connectivity index (χ2v) is 7.82. The molecule has 2 aliphatic rings. The van der Waals surface area contributed by atoms with Crippen molar-refractivity contribution in [3.63, 3.8) is 0 Å². The lowest BCUT2D eigenvalue weighted by atomic mass is 10.1. The number of fused-ring (bicyclic) bond motifs is 1. The Kier molecular flexibility index (Phi) is 6.37. The van der Waals surface area contributed by atoms with Crippen molar-refractivity contribution in [3.05, 3.63) is 17.7 Å². The van der Waals surface area contributed by atoms with E-state index < -0.39 is 12.2 Å². The van der Waals surface area contributed by atoms with E-state index in [4.69, 9.17) is 19.9 Å². The highest BCUT2D eigenvalue weighted by Gasteiger charge is 2.26. The van der Waals surface area contributed by atoms with Gasteiger partial charge in [-0.3, -0.25) is 0 Å². The van der Waals surface area contributed by atoms with Gasteiger partial charge in [-0.2, -0.15) is 8.78 Å². The van der Waals surface area contributed by atoms with Crippen LogP contribution in [-0.4, -0.2) is 67.0 Å². The summed E-state index contributed by atoms with van der Waals surface area (Å²) in [5, 5.41) is 0. The normalized spacial score (nSPS) is 16.8. The molecule has 0 spiro atoms. The summed E-state index contributed by atoms with van der Waals surface area (Å²) >= 11 is 0. The fraction of sp³-hybridized carbons (Fsp3) is 0.579. The lowest BCUT2D eigenvalue weighted by Crippen LogP contribution is -2.53. The van der Waals surface area contributed by atoms with Gasteiger partial charge in [-0.25, -0.2) is 9.79 Å². The number of nitrogens with zero attached hydrogens (tertiary/aromatic N) is 3. The fourth-order valence-corrected chi connectivity index (χ4v) is 3.01. The molecular weight excluding hydrogens is 402 g/mol. The lowest BCUT2D eigenvalue weighted by Gasteiger charge is -2.36. The molecule has 0 aliphatic carbocycles. The number of alkyl halides is 2. The molecule has 30 heavy (non-hydrogen) atoms. The van der Waals surface area contributed by atoms with E-state index in [1.165, 1.54) is 6.07 Å². The number of ether oxygens (including phenoxy) is 4. The average Bonchev–Trinajstić information content (AvgIpc) is 3.11. The average molecular weight is 428 g/mol. The summed E-state index contributed by atoms with van der Waals surface area (Å²) < 4.78 is 45.9. The van der Waals surface area contributed by atoms with Gasteiger partial charge in [0.15, 0.2) is 17.5 Å². The monoisotopic (exact) mass is 428 g/mol. The van der Waals surface area contributed by atoms with Crippen LogP contribution in [0, 0.1) is 0 Å². The Bertz CT molecular complexity index is 805. The lowest BCUT2D eigenvalue weighted by molar-refractivity contribution is -0.0505. The maximum absolute atomic E-state index is 12.7. The summed E-state index contributed by atoms with van der Waals surface area (Å²) in [6.45, 7) is 4.34. The Balaban J connectivity index is 1.61. The standard InChI is InChI=1S/C19H26F2N4O5/c1-19(2,3)30-18(26)25-6-4-24(5-7-25)17(22)23-10-12-8-14-15(28-11-27-14)9-13(12)29-16(20)21/h8-9,16H,4-7,10-11H2,1-3H3,(H2,22,23). The quantitative estimate of drug-likeness (QED) is 0.581. The van der Waals surface area contributed by atoms with Crippen molar-refractivity contribution in [1.29, 1.82) is 0 Å². The van der Waals surface area contributed by atoms with Gasteiger partial charge in [-0.15, -0.1) is 0 Å². The van der Waals surface area contributed by atoms with E-state index in [2.05, 4.69) is 9.73 Å². The van der Waals surface area contributed by atoms with E-state index in [9.17, 15) is 13.6 Å². The van der Waals surface area contributed by atoms with Crippen molar-refractivity contribution >= 4 is 12.1 Å². The van der Waals surface area contributed by atoms with E-state index >= 15 is 0 Å². The number of benzene rings is 1. The highest BCUT2D eigenvalue weighted by atomic mass is 19.3. The first-order chi connectivity index (χ1) is 14.1. The molecule has 1 aromatic carbocycles. The second kappa shape index (κ2) is 8.80. The zero-order chi connectivity index (χ0) is 21.9. The molecule has 0 radical (unpaired) electrons. The third-order valence-corrected chi connectivity index (χ3v) is 4.44. The molecule has 9 nitrogen and oxygen atoms in total. The number of halogens is 2.